The second kappa shape index (κ2) is 5.88. The molecule has 1 saturated heterocycles. The first-order chi connectivity index (χ1) is 8.99. The molecule has 1 fully saturated rings. The first kappa shape index (κ1) is 14.3. The molecule has 1 aliphatic heterocycles. The molecule has 0 aliphatic carbocycles. The van der Waals surface area contributed by atoms with Crippen LogP contribution in [0.3, 0.4) is 0 Å². The molecule has 1 N–H and O–H groups in total. The maximum absolute atomic E-state index is 13.4. The number of benzene rings is 1. The topological polar surface area (TPSA) is 26.7 Å². The van der Waals surface area contributed by atoms with Gasteiger partial charge in [-0.15, -0.1) is 0 Å². The minimum absolute atomic E-state index is 0.292. The monoisotopic (exact) mass is 266 g/mol. The molecule has 19 heavy (non-hydrogen) atoms. The average molecular weight is 266 g/mol. The van der Waals surface area contributed by atoms with Gasteiger partial charge in [-0.2, -0.15) is 0 Å². The van der Waals surface area contributed by atoms with Gasteiger partial charge in [0.25, 0.3) is 0 Å². The van der Waals surface area contributed by atoms with Crippen molar-refractivity contribution < 1.29 is 9.50 Å². The Morgan fingerprint density at radius 2 is 2.11 bits per heavy atom. The summed E-state index contributed by atoms with van der Waals surface area (Å²) >= 11 is 0. The molecule has 1 unspecified atom stereocenters. The van der Waals surface area contributed by atoms with Crippen LogP contribution in [0.1, 0.15) is 31.9 Å². The van der Waals surface area contributed by atoms with E-state index in [4.69, 9.17) is 0 Å². The summed E-state index contributed by atoms with van der Waals surface area (Å²) in [4.78, 5) is 4.60. The average Bonchev–Trinajstić information content (AvgIpc) is 2.50. The lowest BCUT2D eigenvalue weighted by molar-refractivity contribution is 0.199. The van der Waals surface area contributed by atoms with E-state index in [1.807, 2.05) is 0 Å². The first-order valence-electron chi connectivity index (χ1n) is 6.91. The Hall–Kier alpha value is -1.13. The number of nitrogens with zero attached hydrogens (tertiary/aromatic N) is 2. The van der Waals surface area contributed by atoms with Crippen molar-refractivity contribution in [3.63, 3.8) is 0 Å². The van der Waals surface area contributed by atoms with Gasteiger partial charge in [-0.05, 0) is 52.1 Å². The minimum Gasteiger partial charge on any atom is -0.389 e. The largest absolute Gasteiger partial charge is 0.389 e. The Balaban J connectivity index is 2.34. The number of aliphatic hydroxyl groups is 1. The summed E-state index contributed by atoms with van der Waals surface area (Å²) in [6.45, 7) is 6.86. The molecular weight excluding hydrogens is 243 g/mol. The number of aliphatic hydroxyl groups excluding tert-OH is 1. The molecule has 0 bridgehead atoms. The number of hydrogen-bond donors (Lipinski definition) is 1. The van der Waals surface area contributed by atoms with Crippen molar-refractivity contribution in [3.05, 3.63) is 29.6 Å². The van der Waals surface area contributed by atoms with Crippen LogP contribution in [0.2, 0.25) is 0 Å². The molecule has 1 aromatic rings. The minimum atomic E-state index is -0.654. The molecule has 3 nitrogen and oxygen atoms in total. The van der Waals surface area contributed by atoms with E-state index < -0.39 is 6.10 Å². The Kier molecular flexibility index (Phi) is 4.42. The van der Waals surface area contributed by atoms with Crippen LogP contribution in [0.5, 0.6) is 0 Å². The van der Waals surface area contributed by atoms with Gasteiger partial charge in [-0.1, -0.05) is 0 Å². The van der Waals surface area contributed by atoms with Crippen molar-refractivity contribution in [2.75, 3.05) is 31.6 Å². The van der Waals surface area contributed by atoms with Gasteiger partial charge in [0.05, 0.1) is 6.10 Å². The lowest BCUT2D eigenvalue weighted by Gasteiger charge is -2.32. The Labute approximate surface area is 114 Å². The third kappa shape index (κ3) is 3.25. The van der Waals surface area contributed by atoms with E-state index in [9.17, 15) is 9.50 Å². The zero-order chi connectivity index (χ0) is 14.0. The van der Waals surface area contributed by atoms with Gasteiger partial charge in [0.2, 0.25) is 0 Å². The standard InChI is InChI=1S/C15H23FN2O/c1-11-10-17(3)7-4-8-18(11)15-6-5-13(16)9-14(15)12(2)19/h5-6,9,11-12,19H,4,7-8,10H2,1-3H3/t11?,12-/m0/s1. The van der Waals surface area contributed by atoms with Gasteiger partial charge in [-0.25, -0.2) is 4.39 Å². The fourth-order valence-electron chi connectivity index (χ4n) is 2.85. The van der Waals surface area contributed by atoms with Crippen molar-refractivity contribution in [2.45, 2.75) is 32.4 Å². The van der Waals surface area contributed by atoms with E-state index >= 15 is 0 Å². The molecule has 0 saturated carbocycles. The van der Waals surface area contributed by atoms with Crippen molar-refractivity contribution in [1.82, 2.24) is 4.90 Å². The second-order valence-corrected chi connectivity index (χ2v) is 5.54. The number of halogens is 1. The number of likely N-dealkylation sites (N-methyl/N-ethyl adjacent to an activating group) is 1. The maximum atomic E-state index is 13.4. The third-order valence-corrected chi connectivity index (χ3v) is 3.80. The predicted molar refractivity (Wildman–Crippen MR) is 76.0 cm³/mol. The summed E-state index contributed by atoms with van der Waals surface area (Å²) in [6, 6.07) is 5.07. The SMILES string of the molecule is CC1CN(C)CCCN1c1ccc(F)cc1[C@H](C)O. The highest BCUT2D eigenvalue weighted by molar-refractivity contribution is 5.55. The van der Waals surface area contributed by atoms with Crippen molar-refractivity contribution in [1.29, 1.82) is 0 Å². The highest BCUT2D eigenvalue weighted by Gasteiger charge is 2.23. The van der Waals surface area contributed by atoms with Gasteiger partial charge in [0.1, 0.15) is 5.82 Å². The van der Waals surface area contributed by atoms with E-state index in [1.54, 1.807) is 13.0 Å². The quantitative estimate of drug-likeness (QED) is 0.890. The first-order valence-corrected chi connectivity index (χ1v) is 6.91. The molecule has 1 heterocycles. The predicted octanol–water partition coefficient (Wildman–Crippen LogP) is 2.41. The smallest absolute Gasteiger partial charge is 0.123 e. The molecule has 0 amide bonds. The fraction of sp³-hybridized carbons (Fsp3) is 0.600. The maximum Gasteiger partial charge on any atom is 0.123 e. The van der Waals surface area contributed by atoms with Crippen LogP contribution < -0.4 is 4.90 Å². The molecule has 0 aromatic heterocycles. The van der Waals surface area contributed by atoms with Crippen molar-refractivity contribution >= 4 is 5.69 Å². The Bertz CT molecular complexity index is 436. The Morgan fingerprint density at radius 3 is 2.79 bits per heavy atom. The van der Waals surface area contributed by atoms with Crippen LogP contribution in [0.25, 0.3) is 0 Å². The van der Waals surface area contributed by atoms with Crippen molar-refractivity contribution in [2.24, 2.45) is 0 Å². The van der Waals surface area contributed by atoms with Gasteiger partial charge >= 0.3 is 0 Å². The van der Waals surface area contributed by atoms with Crippen LogP contribution >= 0.6 is 0 Å². The second-order valence-electron chi connectivity index (χ2n) is 5.54. The summed E-state index contributed by atoms with van der Waals surface area (Å²) in [6.07, 6.45) is 0.427. The van der Waals surface area contributed by atoms with Crippen LogP contribution in [0.4, 0.5) is 10.1 Å². The zero-order valence-electron chi connectivity index (χ0n) is 11.9. The molecular formula is C15H23FN2O. The molecule has 0 spiro atoms. The van der Waals surface area contributed by atoms with Crippen LogP contribution in [-0.4, -0.2) is 42.7 Å². The van der Waals surface area contributed by atoms with E-state index in [1.165, 1.54) is 12.1 Å². The molecule has 0 radical (unpaired) electrons. The molecule has 2 rings (SSSR count). The highest BCUT2D eigenvalue weighted by atomic mass is 19.1. The summed E-state index contributed by atoms with van der Waals surface area (Å²) in [5.74, 6) is -0.292. The van der Waals surface area contributed by atoms with Gasteiger partial charge in [-0.3, -0.25) is 0 Å². The van der Waals surface area contributed by atoms with E-state index in [-0.39, 0.29) is 5.82 Å². The van der Waals surface area contributed by atoms with Crippen LogP contribution in [0, 0.1) is 5.82 Å². The lowest BCUT2D eigenvalue weighted by Crippen LogP contribution is -2.38. The highest BCUT2D eigenvalue weighted by Crippen LogP contribution is 2.29. The third-order valence-electron chi connectivity index (χ3n) is 3.80. The molecule has 106 valence electrons. The molecule has 1 aliphatic rings. The van der Waals surface area contributed by atoms with E-state index in [0.29, 0.717) is 11.6 Å². The van der Waals surface area contributed by atoms with Crippen LogP contribution in [-0.2, 0) is 0 Å². The van der Waals surface area contributed by atoms with Crippen molar-refractivity contribution in [3.8, 4) is 0 Å². The number of anilines is 1. The number of hydrogen-bond acceptors (Lipinski definition) is 3. The zero-order valence-corrected chi connectivity index (χ0v) is 11.9. The summed E-state index contributed by atoms with van der Waals surface area (Å²) < 4.78 is 13.4. The molecule has 1 aromatic carbocycles. The summed E-state index contributed by atoms with van der Waals surface area (Å²) in [7, 11) is 2.13. The normalized spacial score (nSPS) is 23.2. The lowest BCUT2D eigenvalue weighted by atomic mass is 10.1. The van der Waals surface area contributed by atoms with E-state index in [2.05, 4.69) is 23.8 Å². The Morgan fingerprint density at radius 1 is 1.37 bits per heavy atom. The summed E-state index contributed by atoms with van der Waals surface area (Å²) in [5.41, 5.74) is 1.63. The van der Waals surface area contributed by atoms with E-state index in [0.717, 1.165) is 31.7 Å². The van der Waals surface area contributed by atoms with Gasteiger partial charge in [0, 0.05) is 30.4 Å². The van der Waals surface area contributed by atoms with Gasteiger partial charge < -0.3 is 14.9 Å². The van der Waals surface area contributed by atoms with Gasteiger partial charge in [0.15, 0.2) is 0 Å². The molecule has 2 atom stereocenters. The number of rotatable bonds is 2. The summed E-state index contributed by atoms with van der Waals surface area (Å²) in [5, 5.41) is 9.86. The van der Waals surface area contributed by atoms with Crippen LogP contribution in [0.15, 0.2) is 18.2 Å². The fourth-order valence-corrected chi connectivity index (χ4v) is 2.85. The molecule has 4 heteroatoms.